The molecule has 1 fully saturated rings. The van der Waals surface area contributed by atoms with Gasteiger partial charge in [0.25, 0.3) is 10.0 Å². The quantitative estimate of drug-likeness (QED) is 0.728. The first-order valence-corrected chi connectivity index (χ1v) is 11.2. The third kappa shape index (κ3) is 3.32. The molecule has 26 heavy (non-hydrogen) atoms. The number of H-pyrrole nitrogens is 1. The number of nitrogens with zero attached hydrogens (tertiary/aromatic N) is 2. The Balaban J connectivity index is 1.42. The summed E-state index contributed by atoms with van der Waals surface area (Å²) in [5.74, 6) is 0. The van der Waals surface area contributed by atoms with Gasteiger partial charge in [-0.3, -0.25) is 4.90 Å². The number of aryl methyl sites for hydroxylation is 1. The third-order valence-corrected chi connectivity index (χ3v) is 8.58. The molecule has 1 aliphatic rings. The van der Waals surface area contributed by atoms with Gasteiger partial charge in [0.05, 0.1) is 0 Å². The molecule has 0 spiro atoms. The van der Waals surface area contributed by atoms with Gasteiger partial charge in [0.1, 0.15) is 4.21 Å². The third-order valence-electron chi connectivity index (χ3n) is 4.98. The Morgan fingerprint density at radius 1 is 1.08 bits per heavy atom. The summed E-state index contributed by atoms with van der Waals surface area (Å²) in [5, 5.41) is 1.24. The van der Waals surface area contributed by atoms with Crippen LogP contribution < -0.4 is 0 Å². The zero-order valence-electron chi connectivity index (χ0n) is 14.8. The van der Waals surface area contributed by atoms with Gasteiger partial charge in [0.2, 0.25) is 0 Å². The average Bonchev–Trinajstić information content (AvgIpc) is 3.30. The summed E-state index contributed by atoms with van der Waals surface area (Å²) in [5.41, 5.74) is 2.41. The zero-order chi connectivity index (χ0) is 18.1. The average molecular weight is 390 g/mol. The zero-order valence-corrected chi connectivity index (χ0v) is 16.4. The monoisotopic (exact) mass is 389 g/mol. The normalized spacial score (nSPS) is 17.1. The lowest BCUT2D eigenvalue weighted by atomic mass is 10.1. The number of piperazine rings is 1. The minimum absolute atomic E-state index is 0.472. The Morgan fingerprint density at radius 2 is 1.85 bits per heavy atom. The number of benzene rings is 1. The molecule has 2 aromatic heterocycles. The molecule has 0 amide bonds. The molecule has 0 atom stereocenters. The Kier molecular flexibility index (Phi) is 4.88. The molecule has 0 bridgehead atoms. The van der Waals surface area contributed by atoms with Crippen LogP contribution in [-0.2, 0) is 23.0 Å². The SMILES string of the molecule is CCc1ccc(S(=O)(=O)N2CCN(Cc3c[nH]c4ccccc34)CC2)s1. The minimum atomic E-state index is -3.35. The first kappa shape index (κ1) is 17.7. The van der Waals surface area contributed by atoms with Gasteiger partial charge < -0.3 is 4.98 Å². The molecule has 1 N–H and O–H groups in total. The van der Waals surface area contributed by atoms with E-state index in [0.717, 1.165) is 36.4 Å². The molecule has 0 unspecified atom stereocenters. The Hall–Kier alpha value is -1.67. The molecule has 3 aromatic rings. The number of aromatic nitrogens is 1. The first-order valence-electron chi connectivity index (χ1n) is 8.94. The van der Waals surface area contributed by atoms with Crippen molar-refractivity contribution in [1.82, 2.24) is 14.2 Å². The Morgan fingerprint density at radius 3 is 2.58 bits per heavy atom. The highest BCUT2D eigenvalue weighted by Gasteiger charge is 2.29. The predicted molar refractivity (Wildman–Crippen MR) is 106 cm³/mol. The Bertz CT molecular complexity index is 999. The van der Waals surface area contributed by atoms with Gasteiger partial charge in [-0.1, -0.05) is 25.1 Å². The number of thiophene rings is 1. The topological polar surface area (TPSA) is 56.4 Å². The standard InChI is InChI=1S/C19H23N3O2S2/c1-2-16-7-8-19(25-16)26(23,24)22-11-9-21(10-12-22)14-15-13-20-18-6-4-3-5-17(15)18/h3-8,13,20H,2,9-12,14H2,1H3. The number of hydrogen-bond acceptors (Lipinski definition) is 4. The summed E-state index contributed by atoms with van der Waals surface area (Å²) in [6, 6.07) is 12.0. The molecular weight excluding hydrogens is 366 g/mol. The van der Waals surface area contributed by atoms with Crippen LogP contribution in [0.3, 0.4) is 0 Å². The summed E-state index contributed by atoms with van der Waals surface area (Å²) in [7, 11) is -3.35. The van der Waals surface area contributed by atoms with E-state index in [0.29, 0.717) is 17.3 Å². The maximum atomic E-state index is 12.8. The van der Waals surface area contributed by atoms with Crippen LogP contribution in [-0.4, -0.2) is 48.8 Å². The molecule has 138 valence electrons. The summed E-state index contributed by atoms with van der Waals surface area (Å²) in [6.45, 7) is 5.49. The number of aromatic amines is 1. The predicted octanol–water partition coefficient (Wildman–Crippen LogP) is 3.30. The molecule has 5 nitrogen and oxygen atoms in total. The van der Waals surface area contributed by atoms with Gasteiger partial charge in [0, 0.05) is 54.7 Å². The van der Waals surface area contributed by atoms with Crippen molar-refractivity contribution in [3.63, 3.8) is 0 Å². The molecule has 0 aliphatic carbocycles. The second kappa shape index (κ2) is 7.15. The van der Waals surface area contributed by atoms with Gasteiger partial charge in [0.15, 0.2) is 0 Å². The lowest BCUT2D eigenvalue weighted by Crippen LogP contribution is -2.48. The number of para-hydroxylation sites is 1. The van der Waals surface area contributed by atoms with Crippen LogP contribution in [0.2, 0.25) is 0 Å². The molecule has 3 heterocycles. The molecular formula is C19H23N3O2S2. The molecule has 1 saturated heterocycles. The highest BCUT2D eigenvalue weighted by atomic mass is 32.2. The van der Waals surface area contributed by atoms with Crippen LogP contribution in [0, 0.1) is 0 Å². The maximum absolute atomic E-state index is 12.8. The van der Waals surface area contributed by atoms with Gasteiger partial charge in [-0.05, 0) is 30.2 Å². The van der Waals surface area contributed by atoms with Crippen molar-refractivity contribution in [2.75, 3.05) is 26.2 Å². The van der Waals surface area contributed by atoms with Crippen molar-refractivity contribution in [3.05, 3.63) is 53.0 Å². The highest BCUT2D eigenvalue weighted by molar-refractivity contribution is 7.91. The largest absolute Gasteiger partial charge is 0.361 e. The fourth-order valence-electron chi connectivity index (χ4n) is 3.45. The lowest BCUT2D eigenvalue weighted by molar-refractivity contribution is 0.182. The summed E-state index contributed by atoms with van der Waals surface area (Å²) < 4.78 is 27.8. The van der Waals surface area contributed by atoms with Gasteiger partial charge in [-0.15, -0.1) is 11.3 Å². The smallest absolute Gasteiger partial charge is 0.252 e. The number of hydrogen-bond donors (Lipinski definition) is 1. The van der Waals surface area contributed by atoms with E-state index >= 15 is 0 Å². The van der Waals surface area contributed by atoms with Crippen molar-refractivity contribution in [3.8, 4) is 0 Å². The van der Waals surface area contributed by atoms with E-state index in [1.165, 1.54) is 22.3 Å². The fraction of sp³-hybridized carbons (Fsp3) is 0.368. The van der Waals surface area contributed by atoms with Crippen LogP contribution in [0.15, 0.2) is 46.8 Å². The van der Waals surface area contributed by atoms with E-state index < -0.39 is 10.0 Å². The summed E-state index contributed by atoms with van der Waals surface area (Å²) in [6.07, 6.45) is 2.93. The molecule has 7 heteroatoms. The van der Waals surface area contributed by atoms with Crippen molar-refractivity contribution >= 4 is 32.3 Å². The highest BCUT2D eigenvalue weighted by Crippen LogP contribution is 2.26. The molecule has 0 saturated carbocycles. The summed E-state index contributed by atoms with van der Waals surface area (Å²) in [4.78, 5) is 6.75. The lowest BCUT2D eigenvalue weighted by Gasteiger charge is -2.33. The van der Waals surface area contributed by atoms with Gasteiger partial charge in [-0.25, -0.2) is 8.42 Å². The van der Waals surface area contributed by atoms with Crippen LogP contribution in [0.1, 0.15) is 17.4 Å². The number of fused-ring (bicyclic) bond motifs is 1. The Labute approximate surface area is 158 Å². The molecule has 0 radical (unpaired) electrons. The van der Waals surface area contributed by atoms with Crippen molar-refractivity contribution in [2.24, 2.45) is 0 Å². The van der Waals surface area contributed by atoms with Crippen molar-refractivity contribution in [2.45, 2.75) is 24.1 Å². The second-order valence-corrected chi connectivity index (χ2v) is 9.95. The van der Waals surface area contributed by atoms with Crippen LogP contribution in [0.4, 0.5) is 0 Å². The van der Waals surface area contributed by atoms with E-state index in [4.69, 9.17) is 0 Å². The minimum Gasteiger partial charge on any atom is -0.361 e. The van der Waals surface area contributed by atoms with E-state index in [9.17, 15) is 8.42 Å². The van der Waals surface area contributed by atoms with Crippen molar-refractivity contribution in [1.29, 1.82) is 0 Å². The number of sulfonamides is 1. The van der Waals surface area contributed by atoms with Crippen molar-refractivity contribution < 1.29 is 8.42 Å². The number of rotatable bonds is 5. The van der Waals surface area contributed by atoms with Gasteiger partial charge >= 0.3 is 0 Å². The summed E-state index contributed by atoms with van der Waals surface area (Å²) >= 11 is 1.39. The van der Waals surface area contributed by atoms with Gasteiger partial charge in [-0.2, -0.15) is 4.31 Å². The van der Waals surface area contributed by atoms with E-state index in [-0.39, 0.29) is 0 Å². The second-order valence-electron chi connectivity index (χ2n) is 6.61. The van der Waals surface area contributed by atoms with E-state index in [2.05, 4.69) is 34.3 Å². The van der Waals surface area contributed by atoms with E-state index in [1.807, 2.05) is 19.1 Å². The molecule has 4 rings (SSSR count). The van der Waals surface area contributed by atoms with Crippen LogP contribution in [0.25, 0.3) is 10.9 Å². The number of nitrogens with one attached hydrogen (secondary N) is 1. The van der Waals surface area contributed by atoms with Crippen LogP contribution in [0.5, 0.6) is 0 Å². The van der Waals surface area contributed by atoms with E-state index in [1.54, 1.807) is 10.4 Å². The fourth-order valence-corrected chi connectivity index (χ4v) is 6.32. The molecule has 1 aromatic carbocycles. The van der Waals surface area contributed by atoms with Crippen LogP contribution >= 0.6 is 11.3 Å². The molecule has 1 aliphatic heterocycles. The first-order chi connectivity index (χ1) is 12.6. The maximum Gasteiger partial charge on any atom is 0.252 e.